The summed E-state index contributed by atoms with van der Waals surface area (Å²) >= 11 is 0. The van der Waals surface area contributed by atoms with Crippen molar-refractivity contribution in [3.8, 4) is 6.07 Å². The summed E-state index contributed by atoms with van der Waals surface area (Å²) in [6, 6.07) is 8.29. The van der Waals surface area contributed by atoms with Crippen molar-refractivity contribution in [1.82, 2.24) is 9.55 Å². The second kappa shape index (κ2) is 3.51. The molecule has 0 saturated carbocycles. The zero-order valence-electron chi connectivity index (χ0n) is 8.07. The van der Waals surface area contributed by atoms with Crippen molar-refractivity contribution >= 4 is 11.0 Å². The van der Waals surface area contributed by atoms with Crippen LogP contribution in [0, 0.1) is 18.3 Å². The molecule has 0 bridgehead atoms. The topological polar surface area (TPSA) is 41.6 Å². The highest BCUT2D eigenvalue weighted by Crippen LogP contribution is 2.14. The highest BCUT2D eigenvalue weighted by Gasteiger charge is 2.01. The van der Waals surface area contributed by atoms with Gasteiger partial charge >= 0.3 is 0 Å². The molecule has 0 fully saturated rings. The van der Waals surface area contributed by atoms with Gasteiger partial charge in [0.05, 0.1) is 29.9 Å². The Morgan fingerprint density at radius 3 is 3.14 bits per heavy atom. The second-order valence-electron chi connectivity index (χ2n) is 3.34. The predicted octanol–water partition coefficient (Wildman–Crippen LogP) is 2.26. The van der Waals surface area contributed by atoms with Gasteiger partial charge in [0, 0.05) is 6.54 Å². The summed E-state index contributed by atoms with van der Waals surface area (Å²) in [6.45, 7) is 2.78. The van der Waals surface area contributed by atoms with Crippen molar-refractivity contribution in [3.63, 3.8) is 0 Å². The Hall–Kier alpha value is -1.82. The van der Waals surface area contributed by atoms with E-state index in [1.165, 1.54) is 5.56 Å². The Morgan fingerprint density at radius 2 is 2.36 bits per heavy atom. The average Bonchev–Trinajstić information content (AvgIpc) is 2.57. The fourth-order valence-electron chi connectivity index (χ4n) is 1.52. The van der Waals surface area contributed by atoms with E-state index in [0.29, 0.717) is 6.42 Å². The van der Waals surface area contributed by atoms with Crippen molar-refractivity contribution in [2.75, 3.05) is 0 Å². The molecule has 0 radical (unpaired) electrons. The summed E-state index contributed by atoms with van der Waals surface area (Å²) in [5.74, 6) is 0. The molecule has 70 valence electrons. The fraction of sp³-hybridized carbons (Fsp3) is 0.273. The molecular formula is C11H11N3. The highest BCUT2D eigenvalue weighted by molar-refractivity contribution is 5.75. The van der Waals surface area contributed by atoms with Gasteiger partial charge in [-0.1, -0.05) is 6.07 Å². The van der Waals surface area contributed by atoms with E-state index in [9.17, 15) is 0 Å². The molecule has 2 rings (SSSR count). The Kier molecular flexibility index (Phi) is 2.19. The predicted molar refractivity (Wildman–Crippen MR) is 54.7 cm³/mol. The smallest absolute Gasteiger partial charge is 0.0958 e. The number of hydrogen-bond donors (Lipinski definition) is 0. The minimum atomic E-state index is 0.527. The number of imidazole rings is 1. The molecule has 0 aliphatic carbocycles. The molecule has 14 heavy (non-hydrogen) atoms. The minimum absolute atomic E-state index is 0.527. The van der Waals surface area contributed by atoms with Gasteiger partial charge in [-0.15, -0.1) is 0 Å². The van der Waals surface area contributed by atoms with Gasteiger partial charge in [-0.25, -0.2) is 4.98 Å². The van der Waals surface area contributed by atoms with Crippen molar-refractivity contribution in [2.45, 2.75) is 19.9 Å². The van der Waals surface area contributed by atoms with Crippen LogP contribution in [-0.2, 0) is 6.54 Å². The molecule has 0 amide bonds. The third kappa shape index (κ3) is 1.47. The Morgan fingerprint density at radius 1 is 1.50 bits per heavy atom. The second-order valence-corrected chi connectivity index (χ2v) is 3.34. The first kappa shape index (κ1) is 8.76. The molecule has 0 unspecified atom stereocenters. The fourth-order valence-corrected chi connectivity index (χ4v) is 1.52. The molecule has 1 aromatic carbocycles. The number of aromatic nitrogens is 2. The lowest BCUT2D eigenvalue weighted by Gasteiger charge is -2.00. The lowest BCUT2D eigenvalue weighted by Crippen LogP contribution is -1.94. The van der Waals surface area contributed by atoms with E-state index in [1.807, 2.05) is 16.7 Å². The number of rotatable bonds is 2. The molecule has 0 aliphatic heterocycles. The quantitative estimate of drug-likeness (QED) is 0.720. The Bertz CT molecular complexity index is 491. The molecule has 1 aromatic heterocycles. The number of hydrogen-bond acceptors (Lipinski definition) is 2. The molecule has 0 spiro atoms. The molecular weight excluding hydrogens is 174 g/mol. The van der Waals surface area contributed by atoms with Gasteiger partial charge in [-0.3, -0.25) is 0 Å². The lowest BCUT2D eigenvalue weighted by molar-refractivity contribution is 0.736. The number of aryl methyl sites for hydroxylation is 2. The zero-order chi connectivity index (χ0) is 9.97. The number of nitrogens with zero attached hydrogens (tertiary/aromatic N) is 3. The van der Waals surface area contributed by atoms with Gasteiger partial charge in [0.1, 0.15) is 0 Å². The first-order valence-corrected chi connectivity index (χ1v) is 4.60. The van der Waals surface area contributed by atoms with Crippen LogP contribution < -0.4 is 0 Å². The standard InChI is InChI=1S/C11H11N3/c1-9-3-4-10-11(7-9)14(8-13-10)6-2-5-12/h3-4,7-8H,2,6H2,1H3. The Labute approximate surface area is 82.6 Å². The van der Waals surface area contributed by atoms with Gasteiger partial charge in [-0.2, -0.15) is 5.26 Å². The third-order valence-corrected chi connectivity index (χ3v) is 2.24. The lowest BCUT2D eigenvalue weighted by atomic mass is 10.2. The van der Waals surface area contributed by atoms with E-state index >= 15 is 0 Å². The molecule has 0 atom stereocenters. The van der Waals surface area contributed by atoms with Crippen molar-refractivity contribution < 1.29 is 0 Å². The summed E-state index contributed by atoms with van der Waals surface area (Å²) in [5.41, 5.74) is 3.32. The van der Waals surface area contributed by atoms with Crippen molar-refractivity contribution in [2.24, 2.45) is 0 Å². The van der Waals surface area contributed by atoms with Crippen LogP contribution in [0.5, 0.6) is 0 Å². The van der Waals surface area contributed by atoms with Gasteiger partial charge in [-0.05, 0) is 24.6 Å². The maximum atomic E-state index is 8.51. The Balaban J connectivity index is 2.46. The maximum Gasteiger partial charge on any atom is 0.0958 e. The summed E-state index contributed by atoms with van der Waals surface area (Å²) in [6.07, 6.45) is 2.32. The molecule has 2 aromatic rings. The SMILES string of the molecule is Cc1ccc2ncn(CCC#N)c2c1. The highest BCUT2D eigenvalue weighted by atomic mass is 15.0. The zero-order valence-corrected chi connectivity index (χ0v) is 8.07. The number of nitriles is 1. The van der Waals surface area contributed by atoms with E-state index in [0.717, 1.165) is 17.6 Å². The van der Waals surface area contributed by atoms with E-state index in [2.05, 4.69) is 24.0 Å². The van der Waals surface area contributed by atoms with Crippen LogP contribution in [-0.4, -0.2) is 9.55 Å². The minimum Gasteiger partial charge on any atom is -0.330 e. The van der Waals surface area contributed by atoms with Crippen molar-refractivity contribution in [3.05, 3.63) is 30.1 Å². The van der Waals surface area contributed by atoms with E-state index in [-0.39, 0.29) is 0 Å². The molecule has 1 heterocycles. The largest absolute Gasteiger partial charge is 0.330 e. The van der Waals surface area contributed by atoms with Gasteiger partial charge < -0.3 is 4.57 Å². The van der Waals surface area contributed by atoms with E-state index < -0.39 is 0 Å². The van der Waals surface area contributed by atoms with Crippen LogP contribution in [0.1, 0.15) is 12.0 Å². The van der Waals surface area contributed by atoms with Crippen LogP contribution in [0.3, 0.4) is 0 Å². The first-order chi connectivity index (χ1) is 6.81. The van der Waals surface area contributed by atoms with Crippen LogP contribution in [0.4, 0.5) is 0 Å². The monoisotopic (exact) mass is 185 g/mol. The molecule has 3 heteroatoms. The summed E-state index contributed by atoms with van der Waals surface area (Å²) < 4.78 is 2.02. The van der Waals surface area contributed by atoms with Crippen LogP contribution in [0.15, 0.2) is 24.5 Å². The third-order valence-electron chi connectivity index (χ3n) is 2.24. The van der Waals surface area contributed by atoms with Crippen LogP contribution in [0.25, 0.3) is 11.0 Å². The average molecular weight is 185 g/mol. The molecule has 0 saturated heterocycles. The van der Waals surface area contributed by atoms with Crippen LogP contribution >= 0.6 is 0 Å². The van der Waals surface area contributed by atoms with Gasteiger partial charge in [0.15, 0.2) is 0 Å². The number of fused-ring (bicyclic) bond motifs is 1. The van der Waals surface area contributed by atoms with E-state index in [4.69, 9.17) is 5.26 Å². The summed E-state index contributed by atoms with van der Waals surface area (Å²) in [4.78, 5) is 4.27. The molecule has 0 aliphatic rings. The number of benzene rings is 1. The van der Waals surface area contributed by atoms with Crippen LogP contribution in [0.2, 0.25) is 0 Å². The van der Waals surface area contributed by atoms with Gasteiger partial charge in [0.2, 0.25) is 0 Å². The summed E-state index contributed by atoms with van der Waals surface area (Å²) in [5, 5.41) is 8.51. The first-order valence-electron chi connectivity index (χ1n) is 4.60. The maximum absolute atomic E-state index is 8.51. The normalized spacial score (nSPS) is 10.3. The molecule has 0 N–H and O–H groups in total. The summed E-state index contributed by atoms with van der Waals surface area (Å²) in [7, 11) is 0. The van der Waals surface area contributed by atoms with Gasteiger partial charge in [0.25, 0.3) is 0 Å². The molecule has 3 nitrogen and oxygen atoms in total. The van der Waals surface area contributed by atoms with E-state index in [1.54, 1.807) is 6.33 Å². The van der Waals surface area contributed by atoms with Crippen molar-refractivity contribution in [1.29, 1.82) is 5.26 Å².